The van der Waals surface area contributed by atoms with Gasteiger partial charge in [0, 0.05) is 35.8 Å². The van der Waals surface area contributed by atoms with Gasteiger partial charge in [-0.05, 0) is 46.6 Å². The summed E-state index contributed by atoms with van der Waals surface area (Å²) < 4.78 is 0. The van der Waals surface area contributed by atoms with Crippen LogP contribution >= 0.6 is 11.3 Å². The Morgan fingerprint density at radius 2 is 1.84 bits per heavy atom. The van der Waals surface area contributed by atoms with E-state index in [1.807, 2.05) is 39.1 Å². The van der Waals surface area contributed by atoms with Crippen molar-refractivity contribution >= 4 is 23.2 Å². The molecular weight excluding hydrogens is 334 g/mol. The molecule has 0 saturated carbocycles. The summed E-state index contributed by atoms with van der Waals surface area (Å²) in [7, 11) is 0. The van der Waals surface area contributed by atoms with E-state index in [0.717, 1.165) is 54.0 Å². The van der Waals surface area contributed by atoms with Crippen LogP contribution in [-0.4, -0.2) is 33.9 Å². The lowest BCUT2D eigenvalue weighted by molar-refractivity contribution is -0.126. The van der Waals surface area contributed by atoms with Gasteiger partial charge in [-0.2, -0.15) is 0 Å². The molecule has 0 aromatic carbocycles. The van der Waals surface area contributed by atoms with Crippen LogP contribution in [0.4, 0.5) is 5.95 Å². The van der Waals surface area contributed by atoms with Crippen LogP contribution in [0.3, 0.4) is 0 Å². The number of hydrogen-bond donors (Lipinski definition) is 1. The minimum Gasteiger partial charge on any atom is -0.348 e. The number of carbonyl (C=O) groups is 1. The molecule has 1 aliphatic heterocycles. The number of carbonyl (C=O) groups excluding carboxylic acids is 1. The minimum absolute atomic E-state index is 0.0433. The lowest BCUT2D eigenvalue weighted by atomic mass is 9.95. The van der Waals surface area contributed by atoms with Crippen LogP contribution in [0.1, 0.15) is 47.9 Å². The van der Waals surface area contributed by atoms with Gasteiger partial charge >= 0.3 is 0 Å². The number of amides is 1. The second kappa shape index (κ2) is 7.47. The van der Waals surface area contributed by atoms with Gasteiger partial charge in [0.1, 0.15) is 0 Å². The van der Waals surface area contributed by atoms with Crippen molar-refractivity contribution in [2.24, 2.45) is 5.92 Å². The van der Waals surface area contributed by atoms with Crippen LogP contribution in [0.5, 0.6) is 0 Å². The van der Waals surface area contributed by atoms with Gasteiger partial charge < -0.3 is 10.2 Å². The Morgan fingerprint density at radius 3 is 2.40 bits per heavy atom. The third-order valence-electron chi connectivity index (χ3n) is 4.56. The number of anilines is 1. The van der Waals surface area contributed by atoms with E-state index >= 15 is 0 Å². The number of rotatable bonds is 4. The third kappa shape index (κ3) is 4.34. The first-order chi connectivity index (χ1) is 11.9. The van der Waals surface area contributed by atoms with Gasteiger partial charge in [0.2, 0.25) is 11.9 Å². The summed E-state index contributed by atoms with van der Waals surface area (Å²) in [6, 6.07) is 1.93. The Kier molecular flexibility index (Phi) is 5.32. The quantitative estimate of drug-likeness (QED) is 0.909. The molecule has 1 N–H and O–H groups in total. The molecule has 0 spiro atoms. The van der Waals surface area contributed by atoms with Gasteiger partial charge in [-0.25, -0.2) is 15.0 Å². The lowest BCUT2D eigenvalue weighted by Gasteiger charge is -2.32. The summed E-state index contributed by atoms with van der Waals surface area (Å²) in [5.41, 5.74) is 2.90. The first-order valence-corrected chi connectivity index (χ1v) is 9.60. The summed E-state index contributed by atoms with van der Waals surface area (Å²) in [6.07, 6.45) is 1.65. The molecule has 7 heteroatoms. The number of piperidine rings is 1. The van der Waals surface area contributed by atoms with Gasteiger partial charge in [0.25, 0.3) is 0 Å². The number of aryl methyl sites for hydroxylation is 3. The molecule has 1 fully saturated rings. The van der Waals surface area contributed by atoms with E-state index in [9.17, 15) is 4.79 Å². The number of aromatic nitrogens is 3. The molecule has 25 heavy (non-hydrogen) atoms. The van der Waals surface area contributed by atoms with Gasteiger partial charge in [-0.15, -0.1) is 11.3 Å². The normalized spacial score (nSPS) is 16.7. The number of thiazole rings is 1. The Labute approximate surface area is 152 Å². The maximum atomic E-state index is 12.6. The number of nitrogens with one attached hydrogen (secondary N) is 1. The summed E-state index contributed by atoms with van der Waals surface area (Å²) >= 11 is 1.61. The average molecular weight is 359 g/mol. The molecule has 2 aromatic heterocycles. The second-order valence-corrected chi connectivity index (χ2v) is 7.80. The van der Waals surface area contributed by atoms with Crippen molar-refractivity contribution in [2.45, 2.75) is 46.6 Å². The van der Waals surface area contributed by atoms with Crippen molar-refractivity contribution in [3.05, 3.63) is 33.5 Å². The van der Waals surface area contributed by atoms with Gasteiger partial charge in [-0.1, -0.05) is 0 Å². The van der Waals surface area contributed by atoms with E-state index in [1.54, 1.807) is 11.3 Å². The highest BCUT2D eigenvalue weighted by molar-refractivity contribution is 7.09. The first kappa shape index (κ1) is 17.8. The molecule has 1 aliphatic rings. The summed E-state index contributed by atoms with van der Waals surface area (Å²) in [4.78, 5) is 28.2. The summed E-state index contributed by atoms with van der Waals surface area (Å²) in [6.45, 7) is 9.56. The van der Waals surface area contributed by atoms with Crippen molar-refractivity contribution < 1.29 is 4.79 Å². The molecule has 1 unspecified atom stereocenters. The predicted molar refractivity (Wildman–Crippen MR) is 99.9 cm³/mol. The largest absolute Gasteiger partial charge is 0.348 e. The maximum absolute atomic E-state index is 12.6. The second-order valence-electron chi connectivity index (χ2n) is 6.73. The topological polar surface area (TPSA) is 71.0 Å². The third-order valence-corrected chi connectivity index (χ3v) is 5.35. The zero-order chi connectivity index (χ0) is 18.0. The van der Waals surface area contributed by atoms with E-state index in [0.29, 0.717) is 0 Å². The van der Waals surface area contributed by atoms with Gasteiger partial charge in [0.15, 0.2) is 0 Å². The van der Waals surface area contributed by atoms with Crippen LogP contribution in [0.25, 0.3) is 0 Å². The van der Waals surface area contributed by atoms with Crippen LogP contribution in [-0.2, 0) is 4.79 Å². The summed E-state index contributed by atoms with van der Waals surface area (Å²) in [5.74, 6) is 0.950. The number of hydrogen-bond acceptors (Lipinski definition) is 6. The first-order valence-electron chi connectivity index (χ1n) is 8.72. The Hall–Kier alpha value is -2.02. The molecule has 1 atom stereocenters. The maximum Gasteiger partial charge on any atom is 0.225 e. The van der Waals surface area contributed by atoms with E-state index in [-0.39, 0.29) is 17.9 Å². The predicted octanol–water partition coefficient (Wildman–Crippen LogP) is 2.95. The zero-order valence-electron chi connectivity index (χ0n) is 15.2. The Balaban J connectivity index is 1.55. The average Bonchev–Trinajstić information content (AvgIpc) is 3.00. The van der Waals surface area contributed by atoms with Crippen molar-refractivity contribution in [3.8, 4) is 0 Å². The van der Waals surface area contributed by atoms with E-state index < -0.39 is 0 Å². The van der Waals surface area contributed by atoms with Crippen molar-refractivity contribution in [2.75, 3.05) is 18.0 Å². The molecule has 1 saturated heterocycles. The highest BCUT2D eigenvalue weighted by Gasteiger charge is 2.27. The molecular formula is C18H25N5OS. The van der Waals surface area contributed by atoms with Crippen molar-refractivity contribution in [3.63, 3.8) is 0 Å². The smallest absolute Gasteiger partial charge is 0.225 e. The molecule has 2 aromatic rings. The fraction of sp³-hybridized carbons (Fsp3) is 0.556. The lowest BCUT2D eigenvalue weighted by Crippen LogP contribution is -2.41. The fourth-order valence-electron chi connectivity index (χ4n) is 3.17. The standard InChI is InChI=1S/C18H25N5OS/c1-11-9-12(2)20-18(19-11)23-7-5-15(6-8-23)17(24)21-13(3)16-10-25-14(4)22-16/h9-10,13,15H,5-8H2,1-4H3,(H,21,24). The summed E-state index contributed by atoms with van der Waals surface area (Å²) in [5, 5.41) is 6.15. The highest BCUT2D eigenvalue weighted by Crippen LogP contribution is 2.23. The fourth-order valence-corrected chi connectivity index (χ4v) is 3.88. The van der Waals surface area contributed by atoms with Gasteiger partial charge in [-0.3, -0.25) is 4.79 Å². The molecule has 0 aliphatic carbocycles. The van der Waals surface area contributed by atoms with E-state index in [2.05, 4.69) is 25.2 Å². The highest BCUT2D eigenvalue weighted by atomic mass is 32.1. The van der Waals surface area contributed by atoms with Crippen molar-refractivity contribution in [1.29, 1.82) is 0 Å². The van der Waals surface area contributed by atoms with Crippen LogP contribution in [0.15, 0.2) is 11.4 Å². The van der Waals surface area contributed by atoms with Crippen LogP contribution in [0.2, 0.25) is 0 Å². The van der Waals surface area contributed by atoms with E-state index in [1.165, 1.54) is 0 Å². The Bertz CT molecular complexity index is 731. The molecule has 3 heterocycles. The number of nitrogens with zero attached hydrogens (tertiary/aromatic N) is 4. The molecule has 1 amide bonds. The van der Waals surface area contributed by atoms with Gasteiger partial charge in [0.05, 0.1) is 16.7 Å². The Morgan fingerprint density at radius 1 is 1.20 bits per heavy atom. The zero-order valence-corrected chi connectivity index (χ0v) is 16.1. The SMILES string of the molecule is Cc1cc(C)nc(N2CCC(C(=O)NC(C)c3csc(C)n3)CC2)n1. The molecule has 3 rings (SSSR count). The van der Waals surface area contributed by atoms with Crippen LogP contribution < -0.4 is 10.2 Å². The van der Waals surface area contributed by atoms with Crippen molar-refractivity contribution in [1.82, 2.24) is 20.3 Å². The molecule has 6 nitrogen and oxygen atoms in total. The minimum atomic E-state index is -0.0433. The molecule has 134 valence electrons. The van der Waals surface area contributed by atoms with Crippen LogP contribution in [0, 0.1) is 26.7 Å². The molecule has 0 radical (unpaired) electrons. The molecule has 0 bridgehead atoms. The monoisotopic (exact) mass is 359 g/mol. The van der Waals surface area contributed by atoms with E-state index in [4.69, 9.17) is 0 Å².